The minimum absolute atomic E-state index is 0.177. The highest BCUT2D eigenvalue weighted by molar-refractivity contribution is 5.96. The molecule has 0 spiro atoms. The van der Waals surface area contributed by atoms with Crippen LogP contribution in [0.25, 0.3) is 0 Å². The second-order valence-electron chi connectivity index (χ2n) is 7.87. The Labute approximate surface area is 184 Å². The van der Waals surface area contributed by atoms with Crippen molar-refractivity contribution >= 4 is 17.3 Å². The van der Waals surface area contributed by atoms with Gasteiger partial charge >= 0.3 is 0 Å². The van der Waals surface area contributed by atoms with E-state index < -0.39 is 10.8 Å². The number of hydrogen-bond donors (Lipinski definition) is 2. The number of fused-ring (bicyclic) bond motifs is 1. The van der Waals surface area contributed by atoms with Crippen molar-refractivity contribution in [1.82, 2.24) is 10.3 Å². The minimum Gasteiger partial charge on any atom is -0.371 e. The quantitative estimate of drug-likeness (QED) is 0.415. The third-order valence-electron chi connectivity index (χ3n) is 5.69. The first-order chi connectivity index (χ1) is 15.4. The fourth-order valence-corrected chi connectivity index (χ4v) is 4.05. The number of nitrogens with zero attached hydrogens (tertiary/aromatic N) is 2. The average Bonchev–Trinajstić information content (AvgIpc) is 2.80. The van der Waals surface area contributed by atoms with E-state index in [9.17, 15) is 19.3 Å². The van der Waals surface area contributed by atoms with E-state index >= 15 is 0 Å². The normalized spacial score (nSPS) is 16.0. The molecule has 8 heteroatoms. The van der Waals surface area contributed by atoms with Gasteiger partial charge in [0.1, 0.15) is 11.5 Å². The SMILES string of the molecule is C[C@H](Nc1ccc(C(=O)N[C@@H]2CCCc3ccc(F)cc32)cc1[N+](=O)[O-])c1ccccn1. The van der Waals surface area contributed by atoms with Crippen LogP contribution in [0.15, 0.2) is 60.8 Å². The Hall–Kier alpha value is -3.81. The Bertz CT molecular complexity index is 1150. The van der Waals surface area contributed by atoms with Crippen LogP contribution in [0.2, 0.25) is 0 Å². The first-order valence-corrected chi connectivity index (χ1v) is 10.5. The van der Waals surface area contributed by atoms with Crippen molar-refractivity contribution in [2.75, 3.05) is 5.32 Å². The Morgan fingerprint density at radius 2 is 2.06 bits per heavy atom. The van der Waals surface area contributed by atoms with E-state index in [0.717, 1.165) is 29.7 Å². The molecule has 1 aliphatic carbocycles. The van der Waals surface area contributed by atoms with Gasteiger partial charge in [-0.3, -0.25) is 19.9 Å². The summed E-state index contributed by atoms with van der Waals surface area (Å²) in [5.74, 6) is -0.780. The minimum atomic E-state index is -0.518. The van der Waals surface area contributed by atoms with Crippen LogP contribution in [0.3, 0.4) is 0 Å². The first-order valence-electron chi connectivity index (χ1n) is 10.5. The van der Waals surface area contributed by atoms with E-state index in [2.05, 4.69) is 15.6 Å². The standard InChI is InChI=1S/C24H23FN4O3/c1-15(20-6-2-3-12-26-20)27-22-11-9-17(13-23(22)29(31)32)24(30)28-21-7-4-5-16-8-10-18(25)14-19(16)21/h2-3,6,8-15,21,27H,4-5,7H2,1H3,(H,28,30)/t15-,21+/m0/s1. The topological polar surface area (TPSA) is 97.2 Å². The Balaban J connectivity index is 1.55. The summed E-state index contributed by atoms with van der Waals surface area (Å²) in [6.07, 6.45) is 4.05. The highest BCUT2D eigenvalue weighted by atomic mass is 19.1. The smallest absolute Gasteiger partial charge is 0.293 e. The summed E-state index contributed by atoms with van der Waals surface area (Å²) in [6, 6.07) is 13.8. The lowest BCUT2D eigenvalue weighted by Gasteiger charge is -2.26. The molecule has 0 radical (unpaired) electrons. The van der Waals surface area contributed by atoms with E-state index in [1.807, 2.05) is 19.1 Å². The van der Waals surface area contributed by atoms with Crippen LogP contribution in [0.1, 0.15) is 59.0 Å². The van der Waals surface area contributed by atoms with E-state index in [1.165, 1.54) is 24.3 Å². The lowest BCUT2D eigenvalue weighted by molar-refractivity contribution is -0.384. The van der Waals surface area contributed by atoms with Crippen molar-refractivity contribution in [2.24, 2.45) is 0 Å². The lowest BCUT2D eigenvalue weighted by atomic mass is 9.87. The van der Waals surface area contributed by atoms with Crippen LogP contribution in [0.5, 0.6) is 0 Å². The van der Waals surface area contributed by atoms with E-state index in [1.54, 1.807) is 24.4 Å². The summed E-state index contributed by atoms with van der Waals surface area (Å²) < 4.78 is 13.7. The third-order valence-corrected chi connectivity index (χ3v) is 5.69. The summed E-state index contributed by atoms with van der Waals surface area (Å²) in [5, 5.41) is 17.7. The molecule has 164 valence electrons. The molecule has 4 rings (SSSR count). The van der Waals surface area contributed by atoms with Gasteiger partial charge in [0, 0.05) is 17.8 Å². The predicted molar refractivity (Wildman–Crippen MR) is 119 cm³/mol. The number of hydrogen-bond acceptors (Lipinski definition) is 5. The summed E-state index contributed by atoms with van der Waals surface area (Å²) >= 11 is 0. The van der Waals surface area contributed by atoms with Crippen LogP contribution in [0, 0.1) is 15.9 Å². The molecule has 1 amide bonds. The maximum Gasteiger partial charge on any atom is 0.293 e. The maximum atomic E-state index is 13.7. The monoisotopic (exact) mass is 434 g/mol. The number of halogens is 1. The molecule has 0 saturated carbocycles. The molecule has 1 aromatic heterocycles. The van der Waals surface area contributed by atoms with Crippen LogP contribution in [-0.2, 0) is 6.42 Å². The molecular weight excluding hydrogens is 411 g/mol. The van der Waals surface area contributed by atoms with Gasteiger partial charge in [0.05, 0.1) is 22.7 Å². The first kappa shape index (κ1) is 21.4. The van der Waals surface area contributed by atoms with Crippen LogP contribution in [0.4, 0.5) is 15.8 Å². The van der Waals surface area contributed by atoms with Crippen molar-refractivity contribution in [1.29, 1.82) is 0 Å². The van der Waals surface area contributed by atoms with Gasteiger partial charge in [0.15, 0.2) is 0 Å². The fraction of sp³-hybridized carbons (Fsp3) is 0.250. The molecule has 2 N–H and O–H groups in total. The predicted octanol–water partition coefficient (Wildman–Crippen LogP) is 5.11. The lowest BCUT2D eigenvalue weighted by Crippen LogP contribution is -2.31. The summed E-state index contributed by atoms with van der Waals surface area (Å²) in [7, 11) is 0. The van der Waals surface area contributed by atoms with Gasteiger partial charge in [0.2, 0.25) is 0 Å². The van der Waals surface area contributed by atoms with Crippen LogP contribution in [-0.4, -0.2) is 15.8 Å². The number of pyridine rings is 1. The Morgan fingerprint density at radius 1 is 1.22 bits per heavy atom. The van der Waals surface area contributed by atoms with Gasteiger partial charge in [-0.2, -0.15) is 0 Å². The van der Waals surface area contributed by atoms with E-state index in [4.69, 9.17) is 0 Å². The molecule has 0 saturated heterocycles. The Morgan fingerprint density at radius 3 is 2.81 bits per heavy atom. The van der Waals surface area contributed by atoms with Gasteiger partial charge in [-0.15, -0.1) is 0 Å². The van der Waals surface area contributed by atoms with Gasteiger partial charge in [-0.05, 0) is 73.7 Å². The number of anilines is 1. The molecule has 32 heavy (non-hydrogen) atoms. The van der Waals surface area contributed by atoms with Crippen molar-refractivity contribution in [3.05, 3.63) is 99.1 Å². The molecule has 0 unspecified atom stereocenters. The summed E-state index contributed by atoms with van der Waals surface area (Å²) in [5.41, 5.74) is 2.80. The average molecular weight is 434 g/mol. The van der Waals surface area contributed by atoms with Crippen LogP contribution >= 0.6 is 0 Å². The molecule has 1 aliphatic rings. The summed E-state index contributed by atoms with van der Waals surface area (Å²) in [4.78, 5) is 28.3. The zero-order valence-corrected chi connectivity index (χ0v) is 17.5. The molecule has 7 nitrogen and oxygen atoms in total. The highest BCUT2D eigenvalue weighted by Gasteiger charge is 2.25. The van der Waals surface area contributed by atoms with Crippen molar-refractivity contribution in [2.45, 2.75) is 38.3 Å². The number of nitro benzene ring substituents is 1. The van der Waals surface area contributed by atoms with Crippen LogP contribution < -0.4 is 10.6 Å². The van der Waals surface area contributed by atoms with Gasteiger partial charge in [0.25, 0.3) is 11.6 Å². The van der Waals surface area contributed by atoms with Crippen molar-refractivity contribution < 1.29 is 14.1 Å². The molecular formula is C24H23FN4O3. The number of benzene rings is 2. The third kappa shape index (κ3) is 4.59. The molecule has 1 heterocycles. The number of carbonyl (C=O) groups is 1. The maximum absolute atomic E-state index is 13.7. The molecule has 2 aromatic carbocycles. The van der Waals surface area contributed by atoms with Crippen molar-refractivity contribution in [3.8, 4) is 0 Å². The second-order valence-corrected chi connectivity index (χ2v) is 7.87. The number of aromatic nitrogens is 1. The summed E-state index contributed by atoms with van der Waals surface area (Å²) in [6.45, 7) is 1.85. The molecule has 0 fully saturated rings. The zero-order valence-electron chi connectivity index (χ0n) is 17.5. The number of aryl methyl sites for hydroxylation is 1. The number of rotatable bonds is 6. The van der Waals surface area contributed by atoms with Gasteiger partial charge < -0.3 is 10.6 Å². The van der Waals surface area contributed by atoms with E-state index in [0.29, 0.717) is 12.1 Å². The van der Waals surface area contributed by atoms with Crippen molar-refractivity contribution in [3.63, 3.8) is 0 Å². The van der Waals surface area contributed by atoms with Gasteiger partial charge in [-0.25, -0.2) is 4.39 Å². The number of nitro groups is 1. The second kappa shape index (κ2) is 9.13. The fourth-order valence-electron chi connectivity index (χ4n) is 4.05. The number of nitrogens with one attached hydrogen (secondary N) is 2. The number of amides is 1. The zero-order chi connectivity index (χ0) is 22.7. The molecule has 3 aromatic rings. The van der Waals surface area contributed by atoms with Gasteiger partial charge in [-0.1, -0.05) is 12.1 Å². The molecule has 0 aliphatic heterocycles. The molecule has 2 atom stereocenters. The number of carbonyl (C=O) groups excluding carboxylic acids is 1. The molecule has 0 bridgehead atoms. The largest absolute Gasteiger partial charge is 0.371 e. The highest BCUT2D eigenvalue weighted by Crippen LogP contribution is 2.32. The van der Waals surface area contributed by atoms with E-state index in [-0.39, 0.29) is 29.2 Å². The Kier molecular flexibility index (Phi) is 6.11.